The first-order valence-electron chi connectivity index (χ1n) is 5.21. The third-order valence-electron chi connectivity index (χ3n) is 2.61. The number of sulfone groups is 1. The van der Waals surface area contributed by atoms with Crippen molar-refractivity contribution in [1.82, 2.24) is 10.2 Å². The average Bonchev–Trinajstić information content (AvgIpc) is 2.27. The molecule has 15 heavy (non-hydrogen) atoms. The van der Waals surface area contributed by atoms with Gasteiger partial charge in [0.05, 0.1) is 11.5 Å². The predicted octanol–water partition coefficient (Wildman–Crippen LogP) is 0.225. The van der Waals surface area contributed by atoms with E-state index in [1.54, 1.807) is 4.90 Å². The van der Waals surface area contributed by atoms with Crippen molar-refractivity contribution >= 4 is 15.9 Å². The van der Waals surface area contributed by atoms with Gasteiger partial charge in [-0.1, -0.05) is 0 Å². The highest BCUT2D eigenvalue weighted by atomic mass is 32.2. The molecule has 6 heteroatoms. The second kappa shape index (κ2) is 4.83. The molecule has 1 atom stereocenters. The Balaban J connectivity index is 2.69. The highest BCUT2D eigenvalue weighted by Crippen LogP contribution is 2.12. The Morgan fingerprint density at radius 3 is 2.73 bits per heavy atom. The van der Waals surface area contributed by atoms with Gasteiger partial charge in [0.25, 0.3) is 0 Å². The van der Waals surface area contributed by atoms with Gasteiger partial charge in [-0.2, -0.15) is 0 Å². The lowest BCUT2D eigenvalue weighted by atomic mass is 10.2. The van der Waals surface area contributed by atoms with E-state index in [1.807, 2.05) is 13.8 Å². The lowest BCUT2D eigenvalue weighted by Gasteiger charge is -2.26. The summed E-state index contributed by atoms with van der Waals surface area (Å²) in [6.45, 7) is 4.59. The van der Waals surface area contributed by atoms with Crippen molar-refractivity contribution in [3.63, 3.8) is 0 Å². The maximum Gasteiger partial charge on any atom is 0.317 e. The number of carbonyl (C=O) groups excluding carboxylic acids is 1. The SMILES string of the molecule is CCNC(=O)N1CCS(=O)(=O)CCC1C. The van der Waals surface area contributed by atoms with Crippen LogP contribution in [0.2, 0.25) is 0 Å². The number of amides is 2. The average molecular weight is 234 g/mol. The van der Waals surface area contributed by atoms with Gasteiger partial charge in [0, 0.05) is 19.1 Å². The molecule has 0 bridgehead atoms. The maximum absolute atomic E-state index is 11.6. The van der Waals surface area contributed by atoms with E-state index in [2.05, 4.69) is 5.32 Å². The fraction of sp³-hybridized carbons (Fsp3) is 0.889. The van der Waals surface area contributed by atoms with Crippen LogP contribution in [-0.4, -0.2) is 50.0 Å². The van der Waals surface area contributed by atoms with E-state index in [4.69, 9.17) is 0 Å². The van der Waals surface area contributed by atoms with Crippen LogP contribution in [0.1, 0.15) is 20.3 Å². The Kier molecular flexibility index (Phi) is 3.96. The molecule has 1 aliphatic rings. The second-order valence-electron chi connectivity index (χ2n) is 3.82. The van der Waals surface area contributed by atoms with Crippen LogP contribution >= 0.6 is 0 Å². The van der Waals surface area contributed by atoms with E-state index in [9.17, 15) is 13.2 Å². The highest BCUT2D eigenvalue weighted by molar-refractivity contribution is 7.91. The summed E-state index contributed by atoms with van der Waals surface area (Å²) in [4.78, 5) is 13.2. The Bertz CT molecular complexity index is 326. The predicted molar refractivity (Wildman–Crippen MR) is 58.5 cm³/mol. The number of nitrogens with zero attached hydrogens (tertiary/aromatic N) is 1. The van der Waals surface area contributed by atoms with Crippen molar-refractivity contribution in [1.29, 1.82) is 0 Å². The van der Waals surface area contributed by atoms with Crippen LogP contribution in [0, 0.1) is 0 Å². The van der Waals surface area contributed by atoms with E-state index >= 15 is 0 Å². The molecule has 0 saturated carbocycles. The van der Waals surface area contributed by atoms with E-state index < -0.39 is 9.84 Å². The van der Waals surface area contributed by atoms with E-state index in [0.717, 1.165) is 0 Å². The lowest BCUT2D eigenvalue weighted by Crippen LogP contribution is -2.45. The van der Waals surface area contributed by atoms with Crippen LogP contribution in [0.5, 0.6) is 0 Å². The number of rotatable bonds is 1. The summed E-state index contributed by atoms with van der Waals surface area (Å²) in [6.07, 6.45) is 0.527. The summed E-state index contributed by atoms with van der Waals surface area (Å²) >= 11 is 0. The molecule has 2 amide bonds. The molecule has 1 N–H and O–H groups in total. The molecule has 1 unspecified atom stereocenters. The van der Waals surface area contributed by atoms with Gasteiger partial charge >= 0.3 is 6.03 Å². The summed E-state index contributed by atoms with van der Waals surface area (Å²) in [5.41, 5.74) is 0. The van der Waals surface area contributed by atoms with Gasteiger partial charge in [0.15, 0.2) is 9.84 Å². The lowest BCUT2D eigenvalue weighted by molar-refractivity contribution is 0.183. The Morgan fingerprint density at radius 1 is 1.47 bits per heavy atom. The van der Waals surface area contributed by atoms with Crippen molar-refractivity contribution in [2.45, 2.75) is 26.3 Å². The second-order valence-corrected chi connectivity index (χ2v) is 6.12. The standard InChI is InChI=1S/C9H18N2O3S/c1-3-10-9(12)11-5-7-15(13,14)6-4-8(11)2/h8H,3-7H2,1-2H3,(H,10,12). The normalized spacial score (nSPS) is 25.7. The van der Waals surface area contributed by atoms with E-state index in [0.29, 0.717) is 19.5 Å². The number of hydrogen-bond acceptors (Lipinski definition) is 3. The Hall–Kier alpha value is -0.780. The summed E-state index contributed by atoms with van der Waals surface area (Å²) in [7, 11) is -2.96. The third kappa shape index (κ3) is 3.37. The molecule has 0 aromatic carbocycles. The molecule has 1 heterocycles. The molecular formula is C9H18N2O3S. The minimum Gasteiger partial charge on any atom is -0.338 e. The van der Waals surface area contributed by atoms with E-state index in [1.165, 1.54) is 0 Å². The number of urea groups is 1. The first kappa shape index (κ1) is 12.3. The van der Waals surface area contributed by atoms with Crippen LogP contribution in [0.4, 0.5) is 4.79 Å². The highest BCUT2D eigenvalue weighted by Gasteiger charge is 2.27. The minimum atomic E-state index is -2.96. The molecule has 0 aromatic rings. The molecule has 1 saturated heterocycles. The molecule has 1 rings (SSSR count). The van der Waals surface area contributed by atoms with Gasteiger partial charge in [-0.25, -0.2) is 13.2 Å². The molecule has 5 nitrogen and oxygen atoms in total. The van der Waals surface area contributed by atoms with Crippen LogP contribution in [0.25, 0.3) is 0 Å². The van der Waals surface area contributed by atoms with Crippen molar-refractivity contribution in [2.24, 2.45) is 0 Å². The van der Waals surface area contributed by atoms with Crippen LogP contribution < -0.4 is 5.32 Å². The summed E-state index contributed by atoms with van der Waals surface area (Å²) in [5.74, 6) is 0.262. The zero-order chi connectivity index (χ0) is 11.5. The van der Waals surface area contributed by atoms with Gasteiger partial charge in [-0.05, 0) is 20.3 Å². The Labute approximate surface area is 90.7 Å². The third-order valence-corrected chi connectivity index (χ3v) is 4.27. The minimum absolute atomic E-state index is 0.00572. The van der Waals surface area contributed by atoms with Gasteiger partial charge in [-0.3, -0.25) is 0 Å². The first-order valence-corrected chi connectivity index (χ1v) is 7.03. The number of carbonyl (C=O) groups is 1. The molecule has 1 aliphatic heterocycles. The fourth-order valence-corrected chi connectivity index (χ4v) is 3.00. The molecule has 1 fully saturated rings. The summed E-state index contributed by atoms with van der Waals surface area (Å²) < 4.78 is 22.8. The van der Waals surface area contributed by atoms with Gasteiger partial charge in [-0.15, -0.1) is 0 Å². The van der Waals surface area contributed by atoms with Gasteiger partial charge in [0.2, 0.25) is 0 Å². The zero-order valence-electron chi connectivity index (χ0n) is 9.19. The van der Waals surface area contributed by atoms with Gasteiger partial charge < -0.3 is 10.2 Å². The maximum atomic E-state index is 11.6. The fourth-order valence-electron chi connectivity index (χ4n) is 1.62. The van der Waals surface area contributed by atoms with E-state index in [-0.39, 0.29) is 23.6 Å². The molecule has 0 radical (unpaired) electrons. The summed E-state index contributed by atoms with van der Waals surface area (Å²) in [5, 5.41) is 2.69. The van der Waals surface area contributed by atoms with Crippen LogP contribution in [0.3, 0.4) is 0 Å². The number of nitrogens with one attached hydrogen (secondary N) is 1. The zero-order valence-corrected chi connectivity index (χ0v) is 10.0. The topological polar surface area (TPSA) is 66.5 Å². The van der Waals surface area contributed by atoms with Crippen molar-refractivity contribution in [2.75, 3.05) is 24.6 Å². The van der Waals surface area contributed by atoms with Crippen LogP contribution in [-0.2, 0) is 9.84 Å². The molecule has 0 aliphatic carbocycles. The van der Waals surface area contributed by atoms with Crippen molar-refractivity contribution in [3.8, 4) is 0 Å². The quantitative estimate of drug-likeness (QED) is 0.706. The molecular weight excluding hydrogens is 216 g/mol. The van der Waals surface area contributed by atoms with Crippen molar-refractivity contribution in [3.05, 3.63) is 0 Å². The Morgan fingerprint density at radius 2 is 2.13 bits per heavy atom. The molecule has 0 spiro atoms. The van der Waals surface area contributed by atoms with Crippen LogP contribution in [0.15, 0.2) is 0 Å². The molecule has 88 valence electrons. The first-order chi connectivity index (χ1) is 6.96. The van der Waals surface area contributed by atoms with Gasteiger partial charge in [0.1, 0.15) is 0 Å². The smallest absolute Gasteiger partial charge is 0.317 e. The monoisotopic (exact) mass is 234 g/mol. The largest absolute Gasteiger partial charge is 0.338 e. The van der Waals surface area contributed by atoms with Crippen molar-refractivity contribution < 1.29 is 13.2 Å². The molecule has 0 aromatic heterocycles. The number of hydrogen-bond donors (Lipinski definition) is 1. The summed E-state index contributed by atoms with van der Waals surface area (Å²) in [6, 6.07) is -0.170.